The fraction of sp³-hybridized carbons (Fsp3) is 0.157. The van der Waals surface area contributed by atoms with Gasteiger partial charge in [0.25, 0.3) is 0 Å². The van der Waals surface area contributed by atoms with E-state index in [-0.39, 0.29) is 16.4 Å². The summed E-state index contributed by atoms with van der Waals surface area (Å²) < 4.78 is 32.6. The zero-order valence-electron chi connectivity index (χ0n) is 35.1. The Bertz CT molecular complexity index is 2770. The van der Waals surface area contributed by atoms with Gasteiger partial charge in [0.05, 0.1) is 17.7 Å². The first-order chi connectivity index (χ1) is 28.4. The fourth-order valence-corrected chi connectivity index (χ4v) is 7.96. The highest BCUT2D eigenvalue weighted by Crippen LogP contribution is 2.41. The van der Waals surface area contributed by atoms with E-state index < -0.39 is 6.85 Å². The quantitative estimate of drug-likeness (QED) is 0.148. The molecule has 0 bridgehead atoms. The van der Waals surface area contributed by atoms with Crippen LogP contribution in [-0.2, 0) is 10.8 Å². The van der Waals surface area contributed by atoms with Gasteiger partial charge in [-0.3, -0.25) is 4.57 Å². The summed E-state index contributed by atoms with van der Waals surface area (Å²) in [6, 6.07) is 54.1. The van der Waals surface area contributed by atoms with Crippen molar-refractivity contribution in [3.05, 3.63) is 204 Å². The van der Waals surface area contributed by atoms with Crippen molar-refractivity contribution in [2.45, 2.75) is 45.4 Å². The van der Waals surface area contributed by atoms with Gasteiger partial charge in [-0.1, -0.05) is 119 Å². The van der Waals surface area contributed by atoms with E-state index in [4.69, 9.17) is 8.85 Å². The molecule has 276 valence electrons. The summed E-state index contributed by atoms with van der Waals surface area (Å²) >= 11 is 0. The molecule has 0 atom stereocenters. The number of anilines is 2. The molecule has 56 heavy (non-hydrogen) atoms. The van der Waals surface area contributed by atoms with Gasteiger partial charge in [-0.05, 0) is 89.3 Å². The topological polar surface area (TPSA) is 33.5 Å². The lowest BCUT2D eigenvalue weighted by atomic mass is 9.73. The molecule has 5 heteroatoms. The van der Waals surface area contributed by atoms with Crippen LogP contribution >= 0.6 is 0 Å². The van der Waals surface area contributed by atoms with Crippen molar-refractivity contribution in [2.24, 2.45) is 0 Å². The fourth-order valence-electron chi connectivity index (χ4n) is 7.96. The van der Waals surface area contributed by atoms with E-state index in [0.29, 0.717) is 24.0 Å². The summed E-state index contributed by atoms with van der Waals surface area (Å²) in [5.41, 5.74) is 8.84. The highest BCUT2D eigenvalue weighted by Gasteiger charge is 2.30. The zero-order valence-corrected chi connectivity index (χ0v) is 32.1. The van der Waals surface area contributed by atoms with E-state index in [2.05, 4.69) is 158 Å². The number of benzene rings is 6. The van der Waals surface area contributed by atoms with Crippen molar-refractivity contribution in [2.75, 3.05) is 16.5 Å². The SMILES string of the molecule is [2H]C([2H])([2H])c1ccnc(-n2c3ccccc3c3ccc(Oc4cccc(N5C=CN(c6cc(C(C)(C)c7ccccc7)cc(C(C)(C)c7ccccc7)c6)C5)c4)cc32)c1. The van der Waals surface area contributed by atoms with Crippen LogP contribution in [0.5, 0.6) is 11.5 Å². The second-order valence-corrected chi connectivity index (χ2v) is 15.7. The lowest BCUT2D eigenvalue weighted by Gasteiger charge is -2.33. The number of hydrogen-bond donors (Lipinski definition) is 0. The Morgan fingerprint density at radius 1 is 0.536 bits per heavy atom. The van der Waals surface area contributed by atoms with Crippen LogP contribution < -0.4 is 14.5 Å². The highest BCUT2D eigenvalue weighted by atomic mass is 16.5. The molecule has 8 aromatic rings. The molecular weight excluding hydrogens is 685 g/mol. The molecule has 0 aliphatic carbocycles. The summed E-state index contributed by atoms with van der Waals surface area (Å²) in [6.07, 6.45) is 5.84. The maximum Gasteiger partial charge on any atom is 0.137 e. The number of aryl methyl sites for hydroxylation is 1. The first-order valence-electron chi connectivity index (χ1n) is 20.6. The molecule has 0 saturated heterocycles. The van der Waals surface area contributed by atoms with Gasteiger partial charge in [0.2, 0.25) is 0 Å². The average molecular weight is 734 g/mol. The zero-order chi connectivity index (χ0) is 40.9. The van der Waals surface area contributed by atoms with Crippen molar-refractivity contribution in [3.8, 4) is 17.3 Å². The maximum absolute atomic E-state index is 8.00. The molecule has 0 N–H and O–H groups in total. The Kier molecular flexibility index (Phi) is 7.89. The normalized spacial score (nSPS) is 14.2. The van der Waals surface area contributed by atoms with Crippen LogP contribution in [0.1, 0.15) is 59.6 Å². The number of fused-ring (bicyclic) bond motifs is 3. The Morgan fingerprint density at radius 2 is 1.16 bits per heavy atom. The molecule has 9 rings (SSSR count). The third kappa shape index (κ3) is 6.39. The largest absolute Gasteiger partial charge is 0.457 e. The lowest BCUT2D eigenvalue weighted by Crippen LogP contribution is -2.27. The summed E-state index contributed by atoms with van der Waals surface area (Å²) in [5, 5.41) is 2.07. The first kappa shape index (κ1) is 31.7. The van der Waals surface area contributed by atoms with Gasteiger partial charge in [0.1, 0.15) is 17.3 Å². The Morgan fingerprint density at radius 3 is 1.86 bits per heavy atom. The van der Waals surface area contributed by atoms with Crippen LogP contribution in [0.3, 0.4) is 0 Å². The number of hydrogen-bond acceptors (Lipinski definition) is 4. The third-order valence-corrected chi connectivity index (χ3v) is 11.4. The number of rotatable bonds is 9. The molecule has 3 heterocycles. The van der Waals surface area contributed by atoms with Crippen LogP contribution in [-0.4, -0.2) is 16.2 Å². The van der Waals surface area contributed by atoms with E-state index in [0.717, 1.165) is 33.2 Å². The van der Waals surface area contributed by atoms with Crippen molar-refractivity contribution in [1.29, 1.82) is 0 Å². The molecule has 1 aliphatic rings. The van der Waals surface area contributed by atoms with Gasteiger partial charge in [0.15, 0.2) is 0 Å². The Balaban J connectivity index is 1.02. The second kappa shape index (κ2) is 13.9. The minimum atomic E-state index is -2.25. The molecule has 0 amide bonds. The molecule has 1 aliphatic heterocycles. The van der Waals surface area contributed by atoms with E-state index in [9.17, 15) is 0 Å². The maximum atomic E-state index is 8.00. The lowest BCUT2D eigenvalue weighted by molar-refractivity contribution is 0.483. The van der Waals surface area contributed by atoms with Gasteiger partial charge in [-0.15, -0.1) is 0 Å². The van der Waals surface area contributed by atoms with Crippen molar-refractivity contribution < 1.29 is 8.85 Å². The smallest absolute Gasteiger partial charge is 0.137 e. The number of aromatic nitrogens is 2. The molecule has 0 radical (unpaired) electrons. The molecule has 5 nitrogen and oxygen atoms in total. The van der Waals surface area contributed by atoms with E-state index >= 15 is 0 Å². The standard InChI is InChI=1S/C51H46N4O/c1-36-25-26-52-49(29-36)55-47-22-13-12-21-45(47)46-24-23-44(34-48(46)55)56-43-20-14-19-41(33-43)53-27-28-54(35-53)42-31-39(50(2,3)37-15-8-6-9-16-37)30-40(32-42)51(4,5)38-17-10-7-11-18-38/h6-34H,35H2,1-5H3/i1D3. The van der Waals surface area contributed by atoms with Gasteiger partial charge < -0.3 is 14.5 Å². The second-order valence-electron chi connectivity index (χ2n) is 15.7. The van der Waals surface area contributed by atoms with Crippen LogP contribution in [0.15, 0.2) is 176 Å². The predicted molar refractivity (Wildman–Crippen MR) is 232 cm³/mol. The highest BCUT2D eigenvalue weighted by molar-refractivity contribution is 6.09. The van der Waals surface area contributed by atoms with Crippen molar-refractivity contribution >= 4 is 33.2 Å². The van der Waals surface area contributed by atoms with E-state index in [1.807, 2.05) is 47.0 Å². The van der Waals surface area contributed by atoms with E-state index in [1.165, 1.54) is 22.3 Å². The summed E-state index contributed by atoms with van der Waals surface area (Å²) in [4.78, 5) is 9.15. The summed E-state index contributed by atoms with van der Waals surface area (Å²) in [5.74, 6) is 1.91. The van der Waals surface area contributed by atoms with Gasteiger partial charge in [0, 0.05) is 67.8 Å². The molecule has 0 unspecified atom stereocenters. The molecular formula is C51H46N4O. The van der Waals surface area contributed by atoms with Crippen LogP contribution in [0, 0.1) is 6.85 Å². The van der Waals surface area contributed by atoms with Crippen LogP contribution in [0.25, 0.3) is 27.6 Å². The number of ether oxygens (including phenoxy) is 1. The number of para-hydroxylation sites is 1. The Hall–Kier alpha value is -6.59. The monoisotopic (exact) mass is 733 g/mol. The van der Waals surface area contributed by atoms with Crippen molar-refractivity contribution in [1.82, 2.24) is 9.55 Å². The average Bonchev–Trinajstić information content (AvgIpc) is 3.88. The van der Waals surface area contributed by atoms with Gasteiger partial charge in [-0.2, -0.15) is 0 Å². The minimum absolute atomic E-state index is 0.219. The number of nitrogens with zero attached hydrogens (tertiary/aromatic N) is 4. The number of pyridine rings is 1. The summed E-state index contributed by atoms with van der Waals surface area (Å²) in [7, 11) is 0. The minimum Gasteiger partial charge on any atom is -0.457 e. The molecule has 0 spiro atoms. The Labute approximate surface area is 334 Å². The summed E-state index contributed by atoms with van der Waals surface area (Å²) in [6.45, 7) is 7.63. The molecule has 0 saturated carbocycles. The van der Waals surface area contributed by atoms with Crippen molar-refractivity contribution in [3.63, 3.8) is 0 Å². The van der Waals surface area contributed by atoms with Gasteiger partial charge in [-0.25, -0.2) is 4.98 Å². The predicted octanol–water partition coefficient (Wildman–Crippen LogP) is 12.7. The van der Waals surface area contributed by atoms with Gasteiger partial charge >= 0.3 is 0 Å². The molecule has 0 fully saturated rings. The molecule has 6 aromatic carbocycles. The van der Waals surface area contributed by atoms with Crippen LogP contribution in [0.2, 0.25) is 0 Å². The molecule has 2 aromatic heterocycles. The first-order valence-corrected chi connectivity index (χ1v) is 19.1. The third-order valence-electron chi connectivity index (χ3n) is 11.4. The van der Waals surface area contributed by atoms with Crippen LogP contribution in [0.4, 0.5) is 11.4 Å². The van der Waals surface area contributed by atoms with E-state index in [1.54, 1.807) is 18.3 Å².